The highest BCUT2D eigenvalue weighted by Gasteiger charge is 2.30. The van der Waals surface area contributed by atoms with Crippen LogP contribution in [0.5, 0.6) is 0 Å². The smallest absolute Gasteiger partial charge is 0.269 e. The third-order valence-electron chi connectivity index (χ3n) is 4.46. The number of rotatable bonds is 7. The molecule has 0 aliphatic carbocycles. The fourth-order valence-corrected chi connectivity index (χ4v) is 5.60. The van der Waals surface area contributed by atoms with Crippen molar-refractivity contribution in [3.05, 3.63) is 82.3 Å². The van der Waals surface area contributed by atoms with E-state index in [1.54, 1.807) is 36.4 Å². The Hall–Kier alpha value is -2.51. The SMILES string of the molecule is CC(C)c1ccc(S(=O)(=O)[C@H](CNC(=O)c2ccccn2)c2cccs2)cc1. The molecule has 0 saturated carbocycles. The molecule has 5 nitrogen and oxygen atoms in total. The summed E-state index contributed by atoms with van der Waals surface area (Å²) in [6.45, 7) is 4.10. The number of carbonyl (C=O) groups is 1. The molecule has 0 aliphatic heterocycles. The van der Waals surface area contributed by atoms with E-state index >= 15 is 0 Å². The molecule has 3 aromatic rings. The van der Waals surface area contributed by atoms with Crippen molar-refractivity contribution in [2.45, 2.75) is 29.9 Å². The van der Waals surface area contributed by atoms with Crippen LogP contribution in [0, 0.1) is 0 Å². The first-order valence-electron chi connectivity index (χ1n) is 8.96. The number of sulfone groups is 1. The lowest BCUT2D eigenvalue weighted by Gasteiger charge is -2.18. The Morgan fingerprint density at radius 1 is 1.07 bits per heavy atom. The van der Waals surface area contributed by atoms with Crippen LogP contribution < -0.4 is 5.32 Å². The number of hydrogen-bond donors (Lipinski definition) is 1. The average molecular weight is 415 g/mol. The molecule has 1 atom stereocenters. The van der Waals surface area contributed by atoms with E-state index in [0.717, 1.165) is 5.56 Å². The molecular weight excluding hydrogens is 392 g/mol. The van der Waals surface area contributed by atoms with Gasteiger partial charge in [-0.05, 0) is 47.2 Å². The molecule has 1 N–H and O–H groups in total. The van der Waals surface area contributed by atoms with E-state index in [-0.39, 0.29) is 17.1 Å². The molecule has 0 spiro atoms. The predicted octanol–water partition coefficient (Wildman–Crippen LogP) is 4.21. The van der Waals surface area contributed by atoms with Crippen LogP contribution in [-0.2, 0) is 9.84 Å². The highest BCUT2D eigenvalue weighted by molar-refractivity contribution is 7.91. The van der Waals surface area contributed by atoms with Crippen LogP contribution in [0.1, 0.15) is 45.9 Å². The molecule has 2 aromatic heterocycles. The lowest BCUT2D eigenvalue weighted by molar-refractivity contribution is 0.0949. The van der Waals surface area contributed by atoms with E-state index < -0.39 is 21.0 Å². The Balaban J connectivity index is 1.86. The summed E-state index contributed by atoms with van der Waals surface area (Å²) in [5, 5.41) is 3.70. The largest absolute Gasteiger partial charge is 0.349 e. The first-order valence-corrected chi connectivity index (χ1v) is 11.4. The fraction of sp³-hybridized carbons (Fsp3) is 0.238. The highest BCUT2D eigenvalue weighted by atomic mass is 32.2. The molecule has 28 heavy (non-hydrogen) atoms. The summed E-state index contributed by atoms with van der Waals surface area (Å²) in [5.41, 5.74) is 1.33. The molecule has 0 saturated heterocycles. The van der Waals surface area contributed by atoms with Gasteiger partial charge in [-0.15, -0.1) is 11.3 Å². The number of aromatic nitrogens is 1. The summed E-state index contributed by atoms with van der Waals surface area (Å²) in [4.78, 5) is 17.3. The summed E-state index contributed by atoms with van der Waals surface area (Å²) in [6, 6.07) is 15.6. The van der Waals surface area contributed by atoms with Gasteiger partial charge >= 0.3 is 0 Å². The van der Waals surface area contributed by atoms with Gasteiger partial charge in [0.15, 0.2) is 9.84 Å². The quantitative estimate of drug-likeness (QED) is 0.628. The third-order valence-corrected chi connectivity index (χ3v) is 7.69. The van der Waals surface area contributed by atoms with Crippen LogP contribution in [0.2, 0.25) is 0 Å². The molecule has 146 valence electrons. The third kappa shape index (κ3) is 4.48. The second-order valence-corrected chi connectivity index (χ2v) is 9.81. The molecule has 7 heteroatoms. The molecule has 1 amide bonds. The lowest BCUT2D eigenvalue weighted by Crippen LogP contribution is -2.32. The first-order chi connectivity index (χ1) is 13.4. The van der Waals surface area contributed by atoms with Crippen molar-refractivity contribution in [3.8, 4) is 0 Å². The Kier molecular flexibility index (Phi) is 6.26. The Bertz CT molecular complexity index is 1010. The molecule has 0 radical (unpaired) electrons. The number of pyridine rings is 1. The summed E-state index contributed by atoms with van der Waals surface area (Å²) in [7, 11) is -3.67. The topological polar surface area (TPSA) is 76.1 Å². The van der Waals surface area contributed by atoms with Crippen LogP contribution in [-0.4, -0.2) is 25.9 Å². The van der Waals surface area contributed by atoms with E-state index in [0.29, 0.717) is 10.8 Å². The summed E-state index contributed by atoms with van der Waals surface area (Å²) < 4.78 is 26.6. The minimum atomic E-state index is -3.67. The van der Waals surface area contributed by atoms with Crippen LogP contribution >= 0.6 is 11.3 Å². The van der Waals surface area contributed by atoms with Crippen molar-refractivity contribution in [1.29, 1.82) is 0 Å². The van der Waals surface area contributed by atoms with E-state index in [4.69, 9.17) is 0 Å². The van der Waals surface area contributed by atoms with E-state index in [1.807, 2.05) is 23.6 Å². The van der Waals surface area contributed by atoms with Gasteiger partial charge in [0.05, 0.1) is 4.90 Å². The van der Waals surface area contributed by atoms with Crippen LogP contribution in [0.25, 0.3) is 0 Å². The second-order valence-electron chi connectivity index (χ2n) is 6.70. The van der Waals surface area contributed by atoms with Crippen molar-refractivity contribution < 1.29 is 13.2 Å². The summed E-state index contributed by atoms with van der Waals surface area (Å²) in [6.07, 6.45) is 1.53. The minimum absolute atomic E-state index is 0.0236. The Morgan fingerprint density at radius 3 is 2.39 bits per heavy atom. The van der Waals surface area contributed by atoms with Crippen LogP contribution in [0.15, 0.2) is 71.1 Å². The van der Waals surface area contributed by atoms with Crippen LogP contribution in [0.3, 0.4) is 0 Å². The van der Waals surface area contributed by atoms with Crippen molar-refractivity contribution in [2.75, 3.05) is 6.54 Å². The van der Waals surface area contributed by atoms with Gasteiger partial charge in [-0.3, -0.25) is 9.78 Å². The maximum absolute atomic E-state index is 13.3. The van der Waals surface area contributed by atoms with Crippen molar-refractivity contribution in [2.24, 2.45) is 0 Å². The molecular formula is C21H22N2O3S2. The maximum atomic E-state index is 13.3. The van der Waals surface area contributed by atoms with Gasteiger partial charge in [0.1, 0.15) is 10.9 Å². The lowest BCUT2D eigenvalue weighted by atomic mass is 10.0. The average Bonchev–Trinajstić information content (AvgIpc) is 3.23. The summed E-state index contributed by atoms with van der Waals surface area (Å²) in [5.74, 6) is -0.0741. The molecule has 0 bridgehead atoms. The number of carbonyl (C=O) groups excluding carboxylic acids is 1. The second kappa shape index (κ2) is 8.67. The van der Waals surface area contributed by atoms with Crippen molar-refractivity contribution in [1.82, 2.24) is 10.3 Å². The molecule has 0 aliphatic rings. The van der Waals surface area contributed by atoms with E-state index in [2.05, 4.69) is 24.1 Å². The summed E-state index contributed by atoms with van der Waals surface area (Å²) >= 11 is 1.36. The van der Waals surface area contributed by atoms with Gasteiger partial charge in [0, 0.05) is 17.6 Å². The Labute approximate surface area is 169 Å². The van der Waals surface area contributed by atoms with Gasteiger partial charge in [-0.2, -0.15) is 0 Å². The monoisotopic (exact) mass is 414 g/mol. The van der Waals surface area contributed by atoms with Gasteiger partial charge in [-0.1, -0.05) is 38.1 Å². The zero-order chi connectivity index (χ0) is 20.1. The van der Waals surface area contributed by atoms with E-state index in [9.17, 15) is 13.2 Å². The van der Waals surface area contributed by atoms with E-state index in [1.165, 1.54) is 17.5 Å². The molecule has 2 heterocycles. The fourth-order valence-electron chi connectivity index (χ4n) is 2.82. The number of nitrogens with one attached hydrogen (secondary N) is 1. The molecule has 3 rings (SSSR count). The highest BCUT2D eigenvalue weighted by Crippen LogP contribution is 2.32. The molecule has 0 fully saturated rings. The number of thiophene rings is 1. The van der Waals surface area contributed by atoms with Gasteiger partial charge < -0.3 is 5.32 Å². The number of hydrogen-bond acceptors (Lipinski definition) is 5. The van der Waals surface area contributed by atoms with Crippen LogP contribution in [0.4, 0.5) is 0 Å². The Morgan fingerprint density at radius 2 is 1.82 bits per heavy atom. The molecule has 1 aromatic carbocycles. The number of amides is 1. The van der Waals surface area contributed by atoms with Crippen molar-refractivity contribution >= 4 is 27.1 Å². The maximum Gasteiger partial charge on any atom is 0.269 e. The van der Waals surface area contributed by atoms with Crippen molar-refractivity contribution in [3.63, 3.8) is 0 Å². The first kappa shape index (κ1) is 20.2. The number of nitrogens with zero attached hydrogens (tertiary/aromatic N) is 1. The van der Waals surface area contributed by atoms with Gasteiger partial charge in [0.2, 0.25) is 0 Å². The predicted molar refractivity (Wildman–Crippen MR) is 111 cm³/mol. The normalized spacial score (nSPS) is 12.7. The zero-order valence-corrected chi connectivity index (χ0v) is 17.3. The molecule has 0 unspecified atom stereocenters. The standard InChI is InChI=1S/C21H22N2O3S2/c1-15(2)16-8-10-17(11-9-16)28(25,26)20(19-7-5-13-27-19)14-23-21(24)18-6-3-4-12-22-18/h3-13,15,20H,14H2,1-2H3,(H,23,24)/t20-/m1/s1. The van der Waals surface area contributed by atoms with Gasteiger partial charge in [-0.25, -0.2) is 8.42 Å². The van der Waals surface area contributed by atoms with Gasteiger partial charge in [0.25, 0.3) is 5.91 Å². The minimum Gasteiger partial charge on any atom is -0.349 e. The number of benzene rings is 1. The zero-order valence-electron chi connectivity index (χ0n) is 15.7.